The molecule has 2 heterocycles. The fourth-order valence-corrected chi connectivity index (χ4v) is 2.71. The summed E-state index contributed by atoms with van der Waals surface area (Å²) in [5, 5.41) is 9.72. The summed E-state index contributed by atoms with van der Waals surface area (Å²) in [5.41, 5.74) is 1.66. The van der Waals surface area contributed by atoms with Gasteiger partial charge in [0.15, 0.2) is 0 Å². The summed E-state index contributed by atoms with van der Waals surface area (Å²) in [7, 11) is 1.74. The van der Waals surface area contributed by atoms with Crippen molar-refractivity contribution in [2.45, 2.75) is 37.8 Å². The number of carbonyl (C=O) groups is 1. The van der Waals surface area contributed by atoms with Crippen molar-refractivity contribution in [3.05, 3.63) is 30.4 Å². The van der Waals surface area contributed by atoms with Crippen molar-refractivity contribution in [3.8, 4) is 11.4 Å². The zero-order chi connectivity index (χ0) is 15.4. The first-order valence-corrected chi connectivity index (χ1v) is 7.41. The molecule has 0 unspecified atom stereocenters. The molecule has 1 aliphatic rings. The summed E-state index contributed by atoms with van der Waals surface area (Å²) in [6, 6.07) is 1.97. The van der Waals surface area contributed by atoms with Gasteiger partial charge in [-0.1, -0.05) is 0 Å². The number of methoxy groups -OCH3 is 1. The van der Waals surface area contributed by atoms with Crippen LogP contribution in [0.1, 0.15) is 36.2 Å². The molecule has 0 spiro atoms. The summed E-state index contributed by atoms with van der Waals surface area (Å²) < 4.78 is 5.34. The molecule has 22 heavy (non-hydrogen) atoms. The molecular formula is C15H19N5O2. The molecule has 7 heteroatoms. The van der Waals surface area contributed by atoms with Gasteiger partial charge >= 0.3 is 0 Å². The molecule has 1 aliphatic carbocycles. The number of amides is 1. The summed E-state index contributed by atoms with van der Waals surface area (Å²) in [4.78, 5) is 20.7. The van der Waals surface area contributed by atoms with Crippen molar-refractivity contribution in [2.24, 2.45) is 0 Å². The molecule has 1 amide bonds. The van der Waals surface area contributed by atoms with Crippen LogP contribution in [-0.4, -0.2) is 45.3 Å². The number of hydrogen-bond acceptors (Lipinski definition) is 5. The lowest BCUT2D eigenvalue weighted by Crippen LogP contribution is -2.39. The molecule has 1 fully saturated rings. The van der Waals surface area contributed by atoms with E-state index in [2.05, 4.69) is 25.5 Å². The number of aromatic amines is 1. The number of nitrogens with one attached hydrogen (secondary N) is 2. The average molecular weight is 301 g/mol. The molecule has 0 aromatic carbocycles. The molecule has 0 atom stereocenters. The molecule has 1 saturated carbocycles. The van der Waals surface area contributed by atoms with Crippen LogP contribution in [0.25, 0.3) is 11.4 Å². The predicted molar refractivity (Wildman–Crippen MR) is 80.1 cm³/mol. The van der Waals surface area contributed by atoms with Crippen LogP contribution in [0.15, 0.2) is 24.7 Å². The first-order chi connectivity index (χ1) is 10.8. The monoisotopic (exact) mass is 301 g/mol. The van der Waals surface area contributed by atoms with E-state index < -0.39 is 0 Å². The van der Waals surface area contributed by atoms with E-state index in [1.807, 2.05) is 0 Å². The van der Waals surface area contributed by atoms with Gasteiger partial charge in [-0.15, -0.1) is 0 Å². The highest BCUT2D eigenvalue weighted by molar-refractivity contribution is 5.92. The fourth-order valence-electron chi connectivity index (χ4n) is 2.71. The zero-order valence-electron chi connectivity index (χ0n) is 12.5. The molecule has 3 rings (SSSR count). The van der Waals surface area contributed by atoms with Crippen LogP contribution in [0.2, 0.25) is 0 Å². The number of H-pyrrole nitrogens is 1. The van der Waals surface area contributed by atoms with Gasteiger partial charge in [-0.05, 0) is 31.7 Å². The molecule has 0 saturated heterocycles. The van der Waals surface area contributed by atoms with Gasteiger partial charge in [0, 0.05) is 19.3 Å². The number of rotatable bonds is 4. The van der Waals surface area contributed by atoms with Gasteiger partial charge in [0.25, 0.3) is 5.91 Å². The Hall–Kier alpha value is -2.28. The maximum Gasteiger partial charge on any atom is 0.271 e. The third-order valence-electron chi connectivity index (χ3n) is 3.99. The first-order valence-electron chi connectivity index (χ1n) is 7.41. The van der Waals surface area contributed by atoms with Gasteiger partial charge in [-0.25, -0.2) is 4.98 Å². The second-order valence-corrected chi connectivity index (χ2v) is 5.44. The van der Waals surface area contributed by atoms with E-state index in [9.17, 15) is 4.79 Å². The highest BCUT2D eigenvalue weighted by Gasteiger charge is 2.23. The normalized spacial score (nSPS) is 21.5. The first kappa shape index (κ1) is 14.6. The van der Waals surface area contributed by atoms with Crippen molar-refractivity contribution >= 4 is 5.91 Å². The van der Waals surface area contributed by atoms with Gasteiger partial charge in [0.1, 0.15) is 11.4 Å². The lowest BCUT2D eigenvalue weighted by Gasteiger charge is -2.28. The molecule has 116 valence electrons. The van der Waals surface area contributed by atoms with Gasteiger partial charge in [0.05, 0.1) is 24.2 Å². The maximum atomic E-state index is 12.3. The van der Waals surface area contributed by atoms with E-state index in [-0.39, 0.29) is 11.9 Å². The second-order valence-electron chi connectivity index (χ2n) is 5.44. The zero-order valence-corrected chi connectivity index (χ0v) is 12.5. The number of ether oxygens (including phenoxy) is 1. The van der Waals surface area contributed by atoms with Crippen LogP contribution in [0.5, 0.6) is 0 Å². The lowest BCUT2D eigenvalue weighted by molar-refractivity contribution is 0.0598. The summed E-state index contributed by atoms with van der Waals surface area (Å²) in [5.74, 6) is -0.185. The van der Waals surface area contributed by atoms with E-state index in [0.717, 1.165) is 31.4 Å². The SMILES string of the molecule is COC1CCC(NC(=O)c2cncc(-c3ccn[nH]3)n2)CC1. The van der Waals surface area contributed by atoms with E-state index in [1.165, 1.54) is 6.20 Å². The molecule has 0 bridgehead atoms. The van der Waals surface area contributed by atoms with Gasteiger partial charge < -0.3 is 10.1 Å². The molecule has 2 aromatic rings. The fraction of sp³-hybridized carbons (Fsp3) is 0.467. The second kappa shape index (κ2) is 6.65. The van der Waals surface area contributed by atoms with E-state index in [0.29, 0.717) is 17.5 Å². The quantitative estimate of drug-likeness (QED) is 0.894. The van der Waals surface area contributed by atoms with Crippen LogP contribution >= 0.6 is 0 Å². The number of carbonyl (C=O) groups excluding carboxylic acids is 1. The summed E-state index contributed by atoms with van der Waals surface area (Å²) in [6.07, 6.45) is 8.84. The third kappa shape index (κ3) is 3.30. The summed E-state index contributed by atoms with van der Waals surface area (Å²) >= 11 is 0. The molecule has 7 nitrogen and oxygen atoms in total. The molecular weight excluding hydrogens is 282 g/mol. The molecule has 2 aromatic heterocycles. The van der Waals surface area contributed by atoms with Crippen LogP contribution < -0.4 is 5.32 Å². The molecule has 0 aliphatic heterocycles. The summed E-state index contributed by atoms with van der Waals surface area (Å²) in [6.45, 7) is 0. The smallest absolute Gasteiger partial charge is 0.271 e. The van der Waals surface area contributed by atoms with E-state index in [1.54, 1.807) is 25.6 Å². The Balaban J connectivity index is 1.64. The van der Waals surface area contributed by atoms with E-state index in [4.69, 9.17) is 4.74 Å². The number of hydrogen-bond donors (Lipinski definition) is 2. The van der Waals surface area contributed by atoms with Crippen LogP contribution in [0, 0.1) is 0 Å². The standard InChI is InChI=1S/C15H19N5O2/c1-22-11-4-2-10(3-5-11)18-15(21)14-9-16-8-13(19-14)12-6-7-17-20-12/h6-11H,2-5H2,1H3,(H,17,20)(H,18,21). The lowest BCUT2D eigenvalue weighted by atomic mass is 9.93. The van der Waals surface area contributed by atoms with Gasteiger partial charge in [-0.2, -0.15) is 5.10 Å². The van der Waals surface area contributed by atoms with Crippen molar-refractivity contribution in [2.75, 3.05) is 7.11 Å². The Labute approximate surface area is 128 Å². The molecule has 2 N–H and O–H groups in total. The largest absolute Gasteiger partial charge is 0.381 e. The van der Waals surface area contributed by atoms with Crippen molar-refractivity contribution < 1.29 is 9.53 Å². The third-order valence-corrected chi connectivity index (χ3v) is 3.99. The van der Waals surface area contributed by atoms with Crippen LogP contribution in [0.3, 0.4) is 0 Å². The average Bonchev–Trinajstić information content (AvgIpc) is 3.10. The van der Waals surface area contributed by atoms with Crippen molar-refractivity contribution in [1.29, 1.82) is 0 Å². The Morgan fingerprint density at radius 2 is 2.14 bits per heavy atom. The minimum atomic E-state index is -0.185. The Morgan fingerprint density at radius 1 is 1.32 bits per heavy atom. The highest BCUT2D eigenvalue weighted by atomic mass is 16.5. The van der Waals surface area contributed by atoms with Crippen molar-refractivity contribution in [3.63, 3.8) is 0 Å². The van der Waals surface area contributed by atoms with Crippen molar-refractivity contribution in [1.82, 2.24) is 25.5 Å². The number of nitrogens with zero attached hydrogens (tertiary/aromatic N) is 3. The molecule has 0 radical (unpaired) electrons. The Morgan fingerprint density at radius 3 is 2.82 bits per heavy atom. The Bertz CT molecular complexity index is 621. The highest BCUT2D eigenvalue weighted by Crippen LogP contribution is 2.21. The Kier molecular flexibility index (Phi) is 4.43. The minimum absolute atomic E-state index is 0.177. The van der Waals surface area contributed by atoms with Crippen LogP contribution in [-0.2, 0) is 4.74 Å². The van der Waals surface area contributed by atoms with Gasteiger partial charge in [0.2, 0.25) is 0 Å². The number of aromatic nitrogens is 4. The topological polar surface area (TPSA) is 92.8 Å². The minimum Gasteiger partial charge on any atom is -0.381 e. The van der Waals surface area contributed by atoms with E-state index >= 15 is 0 Å². The van der Waals surface area contributed by atoms with Gasteiger partial charge in [-0.3, -0.25) is 14.9 Å². The van der Waals surface area contributed by atoms with Crippen LogP contribution in [0.4, 0.5) is 0 Å². The maximum absolute atomic E-state index is 12.3. The predicted octanol–water partition coefficient (Wildman–Crippen LogP) is 1.55.